The van der Waals surface area contributed by atoms with E-state index in [-0.39, 0.29) is 11.8 Å². The van der Waals surface area contributed by atoms with Crippen LogP contribution in [0.1, 0.15) is 18.4 Å². The van der Waals surface area contributed by atoms with Crippen LogP contribution in [0.5, 0.6) is 0 Å². The maximum absolute atomic E-state index is 11.1. The van der Waals surface area contributed by atoms with E-state index in [0.29, 0.717) is 0 Å². The summed E-state index contributed by atoms with van der Waals surface area (Å²) in [5.41, 5.74) is 0.830. The zero-order valence-corrected chi connectivity index (χ0v) is 7.11. The summed E-state index contributed by atoms with van der Waals surface area (Å²) in [6.45, 7) is 1.82. The molecule has 4 heteroatoms. The average Bonchev–Trinajstić information content (AvgIpc) is 2.17. The van der Waals surface area contributed by atoms with Crippen LogP contribution >= 0.6 is 0 Å². The van der Waals surface area contributed by atoms with E-state index in [1.807, 2.05) is 6.92 Å². The zero-order chi connectivity index (χ0) is 8.97. The SMILES string of the molecule is CNC(=O)C(C)c1cncnc1. The van der Waals surface area contributed by atoms with Crippen molar-refractivity contribution in [3.63, 3.8) is 0 Å². The number of aromatic nitrogens is 2. The molecule has 0 radical (unpaired) electrons. The van der Waals surface area contributed by atoms with Gasteiger partial charge in [-0.3, -0.25) is 4.79 Å². The molecular weight excluding hydrogens is 154 g/mol. The monoisotopic (exact) mass is 165 g/mol. The van der Waals surface area contributed by atoms with Crippen molar-refractivity contribution >= 4 is 5.91 Å². The van der Waals surface area contributed by atoms with Gasteiger partial charge in [-0.15, -0.1) is 0 Å². The Morgan fingerprint density at radius 2 is 2.08 bits per heavy atom. The lowest BCUT2D eigenvalue weighted by Gasteiger charge is -2.07. The lowest BCUT2D eigenvalue weighted by atomic mass is 10.0. The molecular formula is C8H11N3O. The fourth-order valence-electron chi connectivity index (χ4n) is 0.902. The van der Waals surface area contributed by atoms with E-state index in [9.17, 15) is 4.79 Å². The van der Waals surface area contributed by atoms with Crippen LogP contribution in [0.25, 0.3) is 0 Å². The minimum absolute atomic E-state index is 0.0233. The lowest BCUT2D eigenvalue weighted by Crippen LogP contribution is -2.23. The number of likely N-dealkylation sites (N-methyl/N-ethyl adjacent to an activating group) is 1. The van der Waals surface area contributed by atoms with Crippen molar-refractivity contribution in [2.24, 2.45) is 0 Å². The van der Waals surface area contributed by atoms with Gasteiger partial charge in [0.25, 0.3) is 0 Å². The van der Waals surface area contributed by atoms with Crippen molar-refractivity contribution < 1.29 is 4.79 Å². The average molecular weight is 165 g/mol. The van der Waals surface area contributed by atoms with Crippen LogP contribution in [0.15, 0.2) is 18.7 Å². The van der Waals surface area contributed by atoms with Crippen molar-refractivity contribution in [2.75, 3.05) is 7.05 Å². The molecule has 1 N–H and O–H groups in total. The van der Waals surface area contributed by atoms with Gasteiger partial charge in [0.15, 0.2) is 0 Å². The summed E-state index contributed by atoms with van der Waals surface area (Å²) in [6.07, 6.45) is 4.74. The predicted octanol–water partition coefficient (Wildman–Crippen LogP) is 0.326. The molecule has 1 aromatic heterocycles. The Hall–Kier alpha value is -1.45. The molecule has 4 nitrogen and oxygen atoms in total. The van der Waals surface area contributed by atoms with Gasteiger partial charge in [-0.05, 0) is 6.92 Å². The van der Waals surface area contributed by atoms with Gasteiger partial charge in [0.2, 0.25) is 5.91 Å². The van der Waals surface area contributed by atoms with Crippen LogP contribution in [0, 0.1) is 0 Å². The van der Waals surface area contributed by atoms with Crippen molar-refractivity contribution in [3.8, 4) is 0 Å². The van der Waals surface area contributed by atoms with Gasteiger partial charge >= 0.3 is 0 Å². The molecule has 0 aliphatic rings. The Labute approximate surface area is 71.0 Å². The Bertz CT molecular complexity index is 260. The van der Waals surface area contributed by atoms with Crippen molar-refractivity contribution in [2.45, 2.75) is 12.8 Å². The lowest BCUT2D eigenvalue weighted by molar-refractivity contribution is -0.121. The van der Waals surface area contributed by atoms with Crippen molar-refractivity contribution in [1.82, 2.24) is 15.3 Å². The van der Waals surface area contributed by atoms with E-state index in [1.165, 1.54) is 6.33 Å². The molecule has 0 saturated heterocycles. The number of carbonyl (C=O) groups excluding carboxylic acids is 1. The van der Waals surface area contributed by atoms with Gasteiger partial charge in [-0.2, -0.15) is 0 Å². The molecule has 1 atom stereocenters. The molecule has 0 aliphatic heterocycles. The normalized spacial score (nSPS) is 12.2. The molecule has 0 fully saturated rings. The summed E-state index contributed by atoms with van der Waals surface area (Å²) >= 11 is 0. The number of rotatable bonds is 2. The minimum atomic E-state index is -0.184. The van der Waals surface area contributed by atoms with Crippen LogP contribution in [0.3, 0.4) is 0 Å². The number of hydrogen-bond donors (Lipinski definition) is 1. The maximum Gasteiger partial charge on any atom is 0.227 e. The highest BCUT2D eigenvalue weighted by Gasteiger charge is 2.12. The van der Waals surface area contributed by atoms with Gasteiger partial charge < -0.3 is 5.32 Å². The molecule has 1 aromatic rings. The second kappa shape index (κ2) is 3.80. The van der Waals surface area contributed by atoms with E-state index in [1.54, 1.807) is 19.4 Å². The summed E-state index contributed by atoms with van der Waals surface area (Å²) < 4.78 is 0. The third-order valence-corrected chi connectivity index (χ3v) is 1.72. The zero-order valence-electron chi connectivity index (χ0n) is 7.11. The molecule has 0 spiro atoms. The first-order valence-corrected chi connectivity index (χ1v) is 3.72. The molecule has 1 unspecified atom stereocenters. The Morgan fingerprint density at radius 3 is 2.58 bits per heavy atom. The fourth-order valence-corrected chi connectivity index (χ4v) is 0.902. The molecule has 1 amide bonds. The standard InChI is InChI=1S/C8H11N3O/c1-6(8(12)9-2)7-3-10-5-11-4-7/h3-6H,1-2H3,(H,9,12). The van der Waals surface area contributed by atoms with E-state index < -0.39 is 0 Å². The largest absolute Gasteiger partial charge is 0.359 e. The number of nitrogens with one attached hydrogen (secondary N) is 1. The topological polar surface area (TPSA) is 54.9 Å². The molecule has 0 saturated carbocycles. The highest BCUT2D eigenvalue weighted by Crippen LogP contribution is 2.11. The summed E-state index contributed by atoms with van der Waals surface area (Å²) in [5.74, 6) is -0.207. The predicted molar refractivity (Wildman–Crippen MR) is 44.5 cm³/mol. The number of hydrogen-bond acceptors (Lipinski definition) is 3. The first-order chi connectivity index (χ1) is 5.75. The van der Waals surface area contributed by atoms with Crippen molar-refractivity contribution in [3.05, 3.63) is 24.3 Å². The summed E-state index contributed by atoms with van der Waals surface area (Å²) in [4.78, 5) is 18.8. The number of carbonyl (C=O) groups is 1. The second-order valence-electron chi connectivity index (χ2n) is 2.51. The molecule has 1 heterocycles. The minimum Gasteiger partial charge on any atom is -0.359 e. The Kier molecular flexibility index (Phi) is 2.74. The van der Waals surface area contributed by atoms with Crippen LogP contribution < -0.4 is 5.32 Å². The second-order valence-corrected chi connectivity index (χ2v) is 2.51. The maximum atomic E-state index is 11.1. The summed E-state index contributed by atoms with van der Waals surface area (Å²) in [6, 6.07) is 0. The number of nitrogens with zero attached hydrogens (tertiary/aromatic N) is 2. The van der Waals surface area contributed by atoms with Gasteiger partial charge in [-0.25, -0.2) is 9.97 Å². The molecule has 1 rings (SSSR count). The highest BCUT2D eigenvalue weighted by atomic mass is 16.1. The van der Waals surface area contributed by atoms with E-state index >= 15 is 0 Å². The summed E-state index contributed by atoms with van der Waals surface area (Å²) in [7, 11) is 1.61. The molecule has 0 bridgehead atoms. The quantitative estimate of drug-likeness (QED) is 0.687. The third kappa shape index (κ3) is 1.78. The highest BCUT2D eigenvalue weighted by molar-refractivity contribution is 5.82. The Balaban J connectivity index is 2.78. The van der Waals surface area contributed by atoms with Crippen LogP contribution in [0.4, 0.5) is 0 Å². The number of amides is 1. The Morgan fingerprint density at radius 1 is 1.50 bits per heavy atom. The van der Waals surface area contributed by atoms with Gasteiger partial charge in [0, 0.05) is 25.0 Å². The first-order valence-electron chi connectivity index (χ1n) is 3.72. The smallest absolute Gasteiger partial charge is 0.227 e. The van der Waals surface area contributed by atoms with E-state index in [4.69, 9.17) is 0 Å². The van der Waals surface area contributed by atoms with Crippen LogP contribution in [-0.4, -0.2) is 22.9 Å². The van der Waals surface area contributed by atoms with E-state index in [2.05, 4.69) is 15.3 Å². The van der Waals surface area contributed by atoms with Crippen LogP contribution in [-0.2, 0) is 4.79 Å². The van der Waals surface area contributed by atoms with Crippen molar-refractivity contribution in [1.29, 1.82) is 0 Å². The molecule has 12 heavy (non-hydrogen) atoms. The summed E-state index contributed by atoms with van der Waals surface area (Å²) in [5, 5.41) is 2.57. The molecule has 0 aliphatic carbocycles. The van der Waals surface area contributed by atoms with Gasteiger partial charge in [0.05, 0.1) is 5.92 Å². The molecule has 64 valence electrons. The third-order valence-electron chi connectivity index (χ3n) is 1.72. The first kappa shape index (κ1) is 8.64. The van der Waals surface area contributed by atoms with Gasteiger partial charge in [0.1, 0.15) is 6.33 Å². The molecule has 0 aromatic carbocycles. The van der Waals surface area contributed by atoms with Gasteiger partial charge in [-0.1, -0.05) is 0 Å². The van der Waals surface area contributed by atoms with Crippen LogP contribution in [0.2, 0.25) is 0 Å². The fraction of sp³-hybridized carbons (Fsp3) is 0.375. The van der Waals surface area contributed by atoms with E-state index in [0.717, 1.165) is 5.56 Å².